The Morgan fingerprint density at radius 2 is 1.93 bits per heavy atom. The molecule has 0 fully saturated rings. The van der Waals surface area contributed by atoms with Crippen LogP contribution in [0.25, 0.3) is 6.08 Å². The molecule has 0 atom stereocenters. The summed E-state index contributed by atoms with van der Waals surface area (Å²) in [6.45, 7) is 6.41. The maximum Gasteiger partial charge on any atom is 0.189 e. The zero-order valence-corrected chi connectivity index (χ0v) is 16.9. The molecule has 2 aromatic heterocycles. The number of aryl methyl sites for hydroxylation is 1. The van der Waals surface area contributed by atoms with Gasteiger partial charge in [0.05, 0.1) is 24.0 Å². The second-order valence-corrected chi connectivity index (χ2v) is 7.37. The molecule has 0 bridgehead atoms. The van der Waals surface area contributed by atoms with E-state index in [2.05, 4.69) is 10.2 Å². The van der Waals surface area contributed by atoms with Gasteiger partial charge in [-0.3, -0.25) is 9.48 Å². The number of carbonyl (C=O) groups is 1. The van der Waals surface area contributed by atoms with E-state index in [0.29, 0.717) is 22.3 Å². The predicted octanol–water partition coefficient (Wildman–Crippen LogP) is 5.22. The van der Waals surface area contributed by atoms with Crippen LogP contribution < -0.4 is 0 Å². The average molecular weight is 403 g/mol. The summed E-state index contributed by atoms with van der Waals surface area (Å²) < 4.78 is 3.46. The summed E-state index contributed by atoms with van der Waals surface area (Å²) in [5.41, 5.74) is 3.07. The Hall–Kier alpha value is -2.37. The van der Waals surface area contributed by atoms with E-state index in [4.69, 9.17) is 23.2 Å². The van der Waals surface area contributed by atoms with E-state index in [1.54, 1.807) is 27.8 Å². The fourth-order valence-corrected chi connectivity index (χ4v) is 3.05. The van der Waals surface area contributed by atoms with Crippen molar-refractivity contribution in [2.45, 2.75) is 33.4 Å². The normalized spacial score (nSPS) is 11.6. The van der Waals surface area contributed by atoms with Gasteiger partial charge in [-0.1, -0.05) is 35.3 Å². The van der Waals surface area contributed by atoms with Crippen LogP contribution in [0.4, 0.5) is 0 Å². The molecule has 7 heteroatoms. The molecular formula is C20H20Cl2N4O. The van der Waals surface area contributed by atoms with Crippen molar-refractivity contribution < 1.29 is 4.79 Å². The number of carbonyl (C=O) groups excluding carboxylic acids is 1. The molecule has 0 aliphatic rings. The second-order valence-electron chi connectivity index (χ2n) is 6.57. The van der Waals surface area contributed by atoms with Crippen molar-refractivity contribution in [3.63, 3.8) is 0 Å². The van der Waals surface area contributed by atoms with Crippen molar-refractivity contribution >= 4 is 35.1 Å². The van der Waals surface area contributed by atoms with Crippen molar-refractivity contribution in [1.29, 1.82) is 0 Å². The first-order valence-corrected chi connectivity index (χ1v) is 9.34. The van der Waals surface area contributed by atoms with Crippen LogP contribution in [0.2, 0.25) is 10.2 Å². The van der Waals surface area contributed by atoms with Crippen LogP contribution in [0, 0.1) is 6.92 Å². The standard InChI is InChI=1S/C20H20Cl2N4O/c1-13(2)25-12-16(10-23-25)19(27)9-8-18-14(3)24-26(20(18)22)11-15-4-6-17(21)7-5-15/h4-10,12-13H,11H2,1-3H3/b9-8+. The highest BCUT2D eigenvalue weighted by molar-refractivity contribution is 6.31. The van der Waals surface area contributed by atoms with Crippen molar-refractivity contribution in [1.82, 2.24) is 19.6 Å². The number of aromatic nitrogens is 4. The maximum atomic E-state index is 12.4. The van der Waals surface area contributed by atoms with E-state index in [0.717, 1.165) is 16.8 Å². The van der Waals surface area contributed by atoms with E-state index >= 15 is 0 Å². The van der Waals surface area contributed by atoms with E-state index in [9.17, 15) is 4.79 Å². The fraction of sp³-hybridized carbons (Fsp3) is 0.250. The van der Waals surface area contributed by atoms with Crippen LogP contribution in [-0.4, -0.2) is 25.3 Å². The highest BCUT2D eigenvalue weighted by atomic mass is 35.5. The molecular weight excluding hydrogens is 383 g/mol. The molecule has 5 nitrogen and oxygen atoms in total. The van der Waals surface area contributed by atoms with Gasteiger partial charge in [-0.05, 0) is 50.6 Å². The molecule has 27 heavy (non-hydrogen) atoms. The quantitative estimate of drug-likeness (QED) is 0.419. The molecule has 0 N–H and O–H groups in total. The summed E-state index contributed by atoms with van der Waals surface area (Å²) in [6, 6.07) is 7.73. The SMILES string of the molecule is Cc1nn(Cc2ccc(Cl)cc2)c(Cl)c1/C=C/C(=O)c1cnn(C(C)C)c1. The highest BCUT2D eigenvalue weighted by Crippen LogP contribution is 2.23. The monoisotopic (exact) mass is 402 g/mol. The Balaban J connectivity index is 1.78. The number of benzene rings is 1. The lowest BCUT2D eigenvalue weighted by atomic mass is 10.1. The number of allylic oxidation sites excluding steroid dienone is 1. The topological polar surface area (TPSA) is 52.7 Å². The molecule has 0 spiro atoms. The van der Waals surface area contributed by atoms with Crippen molar-refractivity contribution in [2.24, 2.45) is 0 Å². The third-order valence-electron chi connectivity index (χ3n) is 4.17. The summed E-state index contributed by atoms with van der Waals surface area (Å²) in [4.78, 5) is 12.4. The number of ketones is 1. The smallest absolute Gasteiger partial charge is 0.189 e. The molecule has 140 valence electrons. The van der Waals surface area contributed by atoms with Gasteiger partial charge in [0.1, 0.15) is 5.15 Å². The van der Waals surface area contributed by atoms with Crippen molar-refractivity contribution in [3.05, 3.63) is 75.3 Å². The Labute approximate surface area is 168 Å². The molecule has 0 aliphatic heterocycles. The molecule has 0 saturated carbocycles. The van der Waals surface area contributed by atoms with E-state index in [-0.39, 0.29) is 11.8 Å². The number of hydrogen-bond donors (Lipinski definition) is 0. The molecule has 0 radical (unpaired) electrons. The number of hydrogen-bond acceptors (Lipinski definition) is 3. The first-order valence-electron chi connectivity index (χ1n) is 8.59. The van der Waals surface area contributed by atoms with Gasteiger partial charge < -0.3 is 0 Å². The zero-order valence-electron chi connectivity index (χ0n) is 15.4. The Bertz CT molecular complexity index is 984. The largest absolute Gasteiger partial charge is 0.289 e. The lowest BCUT2D eigenvalue weighted by Gasteiger charge is -2.03. The maximum absolute atomic E-state index is 12.4. The average Bonchev–Trinajstić information content (AvgIpc) is 3.22. The fourth-order valence-electron chi connectivity index (χ4n) is 2.63. The van der Waals surface area contributed by atoms with Gasteiger partial charge in [-0.2, -0.15) is 10.2 Å². The summed E-state index contributed by atoms with van der Waals surface area (Å²) in [5.74, 6) is -0.122. The highest BCUT2D eigenvalue weighted by Gasteiger charge is 2.13. The number of rotatable bonds is 6. The van der Waals surface area contributed by atoms with Crippen molar-refractivity contribution in [2.75, 3.05) is 0 Å². The molecule has 3 rings (SSSR count). The van der Waals surface area contributed by atoms with E-state index in [1.807, 2.05) is 45.0 Å². The predicted molar refractivity (Wildman–Crippen MR) is 109 cm³/mol. The van der Waals surface area contributed by atoms with Gasteiger partial charge in [0.25, 0.3) is 0 Å². The lowest BCUT2D eigenvalue weighted by molar-refractivity contribution is 0.104. The van der Waals surface area contributed by atoms with Crippen LogP contribution in [0.5, 0.6) is 0 Å². The minimum Gasteiger partial charge on any atom is -0.289 e. The first-order chi connectivity index (χ1) is 12.8. The molecule has 0 unspecified atom stereocenters. The van der Waals surface area contributed by atoms with Gasteiger partial charge in [-0.25, -0.2) is 4.68 Å². The molecule has 3 aromatic rings. The Kier molecular flexibility index (Phi) is 5.82. The minimum atomic E-state index is -0.122. The van der Waals surface area contributed by atoms with Gasteiger partial charge in [0.2, 0.25) is 0 Å². The summed E-state index contributed by atoms with van der Waals surface area (Å²) in [7, 11) is 0. The molecule has 0 saturated heterocycles. The lowest BCUT2D eigenvalue weighted by Crippen LogP contribution is -2.01. The van der Waals surface area contributed by atoms with Crippen LogP contribution >= 0.6 is 23.2 Å². The summed E-state index contributed by atoms with van der Waals surface area (Å²) >= 11 is 12.4. The van der Waals surface area contributed by atoms with Gasteiger partial charge >= 0.3 is 0 Å². The molecule has 2 heterocycles. The van der Waals surface area contributed by atoms with Gasteiger partial charge in [-0.15, -0.1) is 0 Å². The van der Waals surface area contributed by atoms with Crippen molar-refractivity contribution in [3.8, 4) is 0 Å². The minimum absolute atomic E-state index is 0.122. The Morgan fingerprint density at radius 3 is 2.56 bits per heavy atom. The van der Waals surface area contributed by atoms with Crippen LogP contribution in [0.3, 0.4) is 0 Å². The third kappa shape index (κ3) is 4.49. The Morgan fingerprint density at radius 1 is 1.22 bits per heavy atom. The second kappa shape index (κ2) is 8.11. The summed E-state index contributed by atoms with van der Waals surface area (Å²) in [5, 5.41) is 9.85. The van der Waals surface area contributed by atoms with Crippen LogP contribution in [-0.2, 0) is 6.54 Å². The van der Waals surface area contributed by atoms with Gasteiger partial charge in [0.15, 0.2) is 5.78 Å². The summed E-state index contributed by atoms with van der Waals surface area (Å²) in [6.07, 6.45) is 6.53. The molecule has 0 aliphatic carbocycles. The molecule has 0 amide bonds. The first kappa shape index (κ1) is 19.4. The zero-order chi connectivity index (χ0) is 19.6. The van der Waals surface area contributed by atoms with Crippen LogP contribution in [0.1, 0.15) is 47.1 Å². The van der Waals surface area contributed by atoms with E-state index in [1.165, 1.54) is 6.08 Å². The van der Waals surface area contributed by atoms with Crippen LogP contribution in [0.15, 0.2) is 42.7 Å². The number of halogens is 2. The molecule has 1 aromatic carbocycles. The van der Waals surface area contributed by atoms with E-state index < -0.39 is 0 Å². The van der Waals surface area contributed by atoms with Gasteiger partial charge in [0, 0.05) is 22.8 Å². The number of nitrogens with zero attached hydrogens (tertiary/aromatic N) is 4. The third-order valence-corrected chi connectivity index (χ3v) is 4.82.